The molecule has 27 heavy (non-hydrogen) atoms. The fraction of sp³-hybridized carbons (Fsp3) is 0.182. The van der Waals surface area contributed by atoms with Crippen molar-refractivity contribution in [2.75, 3.05) is 0 Å². The van der Waals surface area contributed by atoms with Crippen molar-refractivity contribution in [3.63, 3.8) is 0 Å². The molecule has 2 aliphatic rings. The van der Waals surface area contributed by atoms with Gasteiger partial charge in [0.15, 0.2) is 0 Å². The number of hydrogen-bond acceptors (Lipinski definition) is 2. The van der Waals surface area contributed by atoms with Gasteiger partial charge in [0.25, 0.3) is 0 Å². The maximum absolute atomic E-state index is 13.5. The van der Waals surface area contributed by atoms with Crippen LogP contribution < -0.4 is 4.72 Å². The molecule has 0 aliphatic heterocycles. The van der Waals surface area contributed by atoms with E-state index in [1.807, 2.05) is 36.4 Å². The first-order valence-electron chi connectivity index (χ1n) is 9.00. The Morgan fingerprint density at radius 3 is 2.37 bits per heavy atom. The second kappa shape index (κ2) is 6.01. The Balaban J connectivity index is 1.38. The van der Waals surface area contributed by atoms with Crippen LogP contribution in [0.5, 0.6) is 0 Å². The van der Waals surface area contributed by atoms with Gasteiger partial charge in [0, 0.05) is 12.0 Å². The van der Waals surface area contributed by atoms with Crippen LogP contribution in [0.4, 0.5) is 4.39 Å². The minimum absolute atomic E-state index is 0.0584. The van der Waals surface area contributed by atoms with Crippen molar-refractivity contribution >= 4 is 10.0 Å². The van der Waals surface area contributed by atoms with Crippen molar-refractivity contribution < 1.29 is 12.8 Å². The molecule has 0 spiro atoms. The zero-order valence-corrected chi connectivity index (χ0v) is 15.3. The van der Waals surface area contributed by atoms with E-state index in [1.165, 1.54) is 12.1 Å². The third-order valence-corrected chi connectivity index (χ3v) is 6.94. The van der Waals surface area contributed by atoms with Crippen molar-refractivity contribution in [3.05, 3.63) is 89.2 Å². The van der Waals surface area contributed by atoms with Crippen LogP contribution in [0.3, 0.4) is 0 Å². The fourth-order valence-corrected chi connectivity index (χ4v) is 5.32. The zero-order chi connectivity index (χ0) is 18.6. The average Bonchev–Trinajstić information content (AvgIpc) is 3.31. The largest absolute Gasteiger partial charge is 0.240 e. The van der Waals surface area contributed by atoms with Crippen LogP contribution in [0.2, 0.25) is 0 Å². The van der Waals surface area contributed by atoms with Crippen LogP contribution >= 0.6 is 0 Å². The summed E-state index contributed by atoms with van der Waals surface area (Å²) in [6.45, 7) is 0. The van der Waals surface area contributed by atoms with Crippen LogP contribution in [0.15, 0.2) is 71.6 Å². The van der Waals surface area contributed by atoms with E-state index in [0.29, 0.717) is 6.42 Å². The van der Waals surface area contributed by atoms with E-state index in [-0.39, 0.29) is 22.7 Å². The predicted octanol–water partition coefficient (Wildman–Crippen LogP) is 4.23. The lowest BCUT2D eigenvalue weighted by molar-refractivity contribution is 0.580. The van der Waals surface area contributed by atoms with Gasteiger partial charge in [-0.1, -0.05) is 42.5 Å². The predicted molar refractivity (Wildman–Crippen MR) is 103 cm³/mol. The van der Waals surface area contributed by atoms with E-state index < -0.39 is 10.0 Å². The smallest absolute Gasteiger partial charge is 0.207 e. The Morgan fingerprint density at radius 2 is 1.59 bits per heavy atom. The molecule has 0 heterocycles. The highest BCUT2D eigenvalue weighted by Crippen LogP contribution is 2.42. The summed E-state index contributed by atoms with van der Waals surface area (Å²) in [5.74, 6) is -0.0283. The molecule has 0 saturated heterocycles. The van der Waals surface area contributed by atoms with Gasteiger partial charge in [0.05, 0.1) is 4.90 Å². The van der Waals surface area contributed by atoms with Crippen molar-refractivity contribution in [1.82, 2.24) is 4.72 Å². The highest BCUT2D eigenvalue weighted by molar-refractivity contribution is 7.89. The van der Waals surface area contributed by atoms with Gasteiger partial charge in [0.2, 0.25) is 10.0 Å². The van der Waals surface area contributed by atoms with E-state index in [0.717, 1.165) is 34.2 Å². The van der Waals surface area contributed by atoms with Crippen LogP contribution in [0.25, 0.3) is 11.1 Å². The number of rotatable bonds is 4. The van der Waals surface area contributed by atoms with Gasteiger partial charge in [-0.3, -0.25) is 0 Å². The molecular formula is C22H18FNO2S. The second-order valence-electron chi connectivity index (χ2n) is 7.28. The van der Waals surface area contributed by atoms with Gasteiger partial charge in [-0.05, 0) is 64.9 Å². The Morgan fingerprint density at radius 1 is 0.889 bits per heavy atom. The minimum Gasteiger partial charge on any atom is -0.207 e. The molecule has 1 fully saturated rings. The topological polar surface area (TPSA) is 46.2 Å². The lowest BCUT2D eigenvalue weighted by atomic mass is 10.1. The fourth-order valence-electron chi connectivity index (χ4n) is 3.98. The molecule has 0 aromatic heterocycles. The molecule has 3 aromatic rings. The zero-order valence-electron chi connectivity index (χ0n) is 14.5. The summed E-state index contributed by atoms with van der Waals surface area (Å²) in [5.41, 5.74) is 4.96. The van der Waals surface area contributed by atoms with E-state index >= 15 is 0 Å². The molecule has 1 saturated carbocycles. The van der Waals surface area contributed by atoms with E-state index in [4.69, 9.17) is 0 Å². The van der Waals surface area contributed by atoms with Gasteiger partial charge in [-0.2, -0.15) is 0 Å². The summed E-state index contributed by atoms with van der Waals surface area (Å²) < 4.78 is 41.9. The first kappa shape index (κ1) is 16.7. The van der Waals surface area contributed by atoms with E-state index in [1.54, 1.807) is 18.2 Å². The number of benzene rings is 3. The Hall–Kier alpha value is -2.50. The van der Waals surface area contributed by atoms with Gasteiger partial charge in [0.1, 0.15) is 5.82 Å². The molecule has 5 heteroatoms. The van der Waals surface area contributed by atoms with Crippen LogP contribution in [0.1, 0.15) is 29.0 Å². The van der Waals surface area contributed by atoms with Crippen LogP contribution in [-0.4, -0.2) is 14.5 Å². The summed E-state index contributed by atoms with van der Waals surface area (Å²) in [6.07, 6.45) is 1.38. The maximum atomic E-state index is 13.5. The van der Waals surface area contributed by atoms with Crippen molar-refractivity contribution in [2.24, 2.45) is 0 Å². The number of hydrogen-bond donors (Lipinski definition) is 1. The molecule has 3 aromatic carbocycles. The Kier molecular flexibility index (Phi) is 3.71. The molecule has 1 N–H and O–H groups in total. The van der Waals surface area contributed by atoms with Crippen LogP contribution in [-0.2, 0) is 16.4 Å². The average molecular weight is 379 g/mol. The van der Waals surface area contributed by atoms with Crippen molar-refractivity contribution in [1.29, 1.82) is 0 Å². The quantitative estimate of drug-likeness (QED) is 0.577. The Labute approximate surface area is 157 Å². The van der Waals surface area contributed by atoms with Gasteiger partial charge < -0.3 is 0 Å². The molecular weight excluding hydrogens is 361 g/mol. The molecule has 2 aliphatic carbocycles. The third kappa shape index (κ3) is 2.97. The summed E-state index contributed by atoms with van der Waals surface area (Å²) in [5, 5.41) is 0. The third-order valence-electron chi connectivity index (χ3n) is 5.45. The van der Waals surface area contributed by atoms with Gasteiger partial charge in [-0.25, -0.2) is 17.5 Å². The lowest BCUT2D eigenvalue weighted by Gasteiger charge is -2.09. The SMILES string of the molecule is O=S(=O)(N[C@H]1C[C@@H]1c1ccccc1)c1ccc2c(c1)Cc1cc(F)ccc1-2. The van der Waals surface area contributed by atoms with E-state index in [2.05, 4.69) is 4.72 Å². The highest BCUT2D eigenvalue weighted by atomic mass is 32.2. The van der Waals surface area contributed by atoms with Crippen molar-refractivity contribution in [2.45, 2.75) is 29.7 Å². The maximum Gasteiger partial charge on any atom is 0.240 e. The monoisotopic (exact) mass is 379 g/mol. The number of fused-ring (bicyclic) bond motifs is 3. The molecule has 3 nitrogen and oxygen atoms in total. The minimum atomic E-state index is -3.58. The first-order chi connectivity index (χ1) is 13.0. The molecule has 136 valence electrons. The molecule has 5 rings (SSSR count). The summed E-state index contributed by atoms with van der Waals surface area (Å²) in [4.78, 5) is 0.272. The Bertz CT molecular complexity index is 1140. The van der Waals surface area contributed by atoms with Crippen LogP contribution in [0, 0.1) is 5.82 Å². The van der Waals surface area contributed by atoms with Gasteiger partial charge in [-0.15, -0.1) is 0 Å². The van der Waals surface area contributed by atoms with E-state index in [9.17, 15) is 12.8 Å². The number of sulfonamides is 1. The standard InChI is InChI=1S/C22H18FNO2S/c23-17-6-8-19-15(11-17)10-16-12-18(7-9-20(16)19)27(25,26)24-22-13-21(22)14-4-2-1-3-5-14/h1-9,11-12,21-22,24H,10,13H2/t21-,22+/m1/s1. The first-order valence-corrected chi connectivity index (χ1v) is 10.5. The second-order valence-corrected chi connectivity index (χ2v) is 8.99. The van der Waals surface area contributed by atoms with Crippen molar-refractivity contribution in [3.8, 4) is 11.1 Å². The molecule has 0 amide bonds. The highest BCUT2D eigenvalue weighted by Gasteiger charge is 2.41. The summed E-state index contributed by atoms with van der Waals surface area (Å²) in [6, 6.07) is 19.8. The number of nitrogens with one attached hydrogen (secondary N) is 1. The molecule has 0 bridgehead atoms. The number of halogens is 1. The van der Waals surface area contributed by atoms with Gasteiger partial charge >= 0.3 is 0 Å². The molecule has 0 unspecified atom stereocenters. The molecule has 0 radical (unpaired) electrons. The molecule has 2 atom stereocenters. The normalized spacial score (nSPS) is 20.2. The summed E-state index contributed by atoms with van der Waals surface area (Å²) in [7, 11) is -3.58. The lowest BCUT2D eigenvalue weighted by Crippen LogP contribution is -2.27. The summed E-state index contributed by atoms with van der Waals surface area (Å²) >= 11 is 0.